The highest BCUT2D eigenvalue weighted by Crippen LogP contribution is 2.31. The zero-order valence-corrected chi connectivity index (χ0v) is 19.1. The number of para-hydroxylation sites is 1. The molecule has 2 aromatic carbocycles. The van der Waals surface area contributed by atoms with Gasteiger partial charge in [0.2, 0.25) is 5.91 Å². The van der Waals surface area contributed by atoms with Gasteiger partial charge in [0, 0.05) is 30.4 Å². The van der Waals surface area contributed by atoms with Crippen LogP contribution in [0.1, 0.15) is 12.0 Å². The Balaban J connectivity index is 0.00000256. The number of carbonyl (C=O) groups is 1. The van der Waals surface area contributed by atoms with Crippen LogP contribution in [0.3, 0.4) is 0 Å². The predicted molar refractivity (Wildman–Crippen MR) is 128 cm³/mol. The molecule has 5 nitrogen and oxygen atoms in total. The number of aromatic nitrogens is 3. The SMILES string of the molecule is Cc1cccc2sc(N(CCCn3ccnc3)C(=O)CSc3ccccc3)nc12.Cl. The number of nitrogens with zero attached hydrogens (tertiary/aromatic N) is 4. The number of hydrogen-bond donors (Lipinski definition) is 0. The maximum Gasteiger partial charge on any atom is 0.239 e. The van der Waals surface area contributed by atoms with Gasteiger partial charge in [-0.05, 0) is 37.1 Å². The minimum atomic E-state index is 0. The van der Waals surface area contributed by atoms with Crippen LogP contribution in [0.5, 0.6) is 0 Å². The van der Waals surface area contributed by atoms with Gasteiger partial charge in [0.25, 0.3) is 0 Å². The summed E-state index contributed by atoms with van der Waals surface area (Å²) < 4.78 is 3.15. The molecule has 0 radical (unpaired) electrons. The second kappa shape index (κ2) is 10.6. The number of benzene rings is 2. The third-order valence-electron chi connectivity index (χ3n) is 4.60. The van der Waals surface area contributed by atoms with Gasteiger partial charge in [0.05, 0.1) is 22.3 Å². The summed E-state index contributed by atoms with van der Waals surface area (Å²) in [4.78, 5) is 24.9. The van der Waals surface area contributed by atoms with Crippen LogP contribution in [0.25, 0.3) is 10.2 Å². The fourth-order valence-corrected chi connectivity index (χ4v) is 4.97. The lowest BCUT2D eigenvalue weighted by molar-refractivity contribution is -0.116. The van der Waals surface area contributed by atoms with E-state index >= 15 is 0 Å². The number of amides is 1. The van der Waals surface area contributed by atoms with E-state index in [9.17, 15) is 4.79 Å². The van der Waals surface area contributed by atoms with Gasteiger partial charge in [-0.2, -0.15) is 0 Å². The molecule has 0 aliphatic carbocycles. The van der Waals surface area contributed by atoms with Gasteiger partial charge in [-0.25, -0.2) is 9.97 Å². The van der Waals surface area contributed by atoms with Crippen molar-refractivity contribution in [2.75, 3.05) is 17.2 Å². The van der Waals surface area contributed by atoms with Crippen LogP contribution in [0.2, 0.25) is 0 Å². The summed E-state index contributed by atoms with van der Waals surface area (Å²) >= 11 is 3.15. The van der Waals surface area contributed by atoms with Crippen LogP contribution in [0.4, 0.5) is 5.13 Å². The van der Waals surface area contributed by atoms with Gasteiger partial charge in [-0.1, -0.05) is 41.7 Å². The molecule has 0 saturated carbocycles. The highest BCUT2D eigenvalue weighted by molar-refractivity contribution is 8.00. The lowest BCUT2D eigenvalue weighted by Gasteiger charge is -2.20. The molecule has 2 heterocycles. The molecule has 2 aromatic heterocycles. The fourth-order valence-electron chi connectivity index (χ4n) is 3.09. The third kappa shape index (κ3) is 5.41. The van der Waals surface area contributed by atoms with E-state index in [4.69, 9.17) is 4.98 Å². The van der Waals surface area contributed by atoms with Crippen molar-refractivity contribution in [3.63, 3.8) is 0 Å². The molecule has 0 aliphatic heterocycles. The number of thioether (sulfide) groups is 1. The second-order valence-electron chi connectivity index (χ2n) is 6.72. The zero-order valence-electron chi connectivity index (χ0n) is 16.6. The van der Waals surface area contributed by atoms with Crippen molar-refractivity contribution in [3.8, 4) is 0 Å². The largest absolute Gasteiger partial charge is 0.337 e. The minimum Gasteiger partial charge on any atom is -0.337 e. The number of rotatable bonds is 8. The van der Waals surface area contributed by atoms with E-state index in [1.165, 1.54) is 0 Å². The van der Waals surface area contributed by atoms with E-state index in [0.717, 1.165) is 38.8 Å². The molecule has 4 aromatic rings. The molecule has 0 spiro atoms. The van der Waals surface area contributed by atoms with Crippen LogP contribution in [0.15, 0.2) is 72.1 Å². The molecule has 4 rings (SSSR count). The quantitative estimate of drug-likeness (QED) is 0.330. The normalized spacial score (nSPS) is 10.7. The van der Waals surface area contributed by atoms with E-state index in [0.29, 0.717) is 12.3 Å². The van der Waals surface area contributed by atoms with E-state index < -0.39 is 0 Å². The molecular formula is C22H23ClN4OS2. The third-order valence-corrected chi connectivity index (χ3v) is 6.64. The Bertz CT molecular complexity index is 1080. The predicted octanol–water partition coefficient (Wildman–Crippen LogP) is 5.44. The smallest absolute Gasteiger partial charge is 0.239 e. The lowest BCUT2D eigenvalue weighted by Crippen LogP contribution is -2.33. The first-order chi connectivity index (χ1) is 14.2. The van der Waals surface area contributed by atoms with Gasteiger partial charge >= 0.3 is 0 Å². The van der Waals surface area contributed by atoms with E-state index in [-0.39, 0.29) is 18.3 Å². The van der Waals surface area contributed by atoms with Crippen molar-refractivity contribution in [2.45, 2.75) is 24.8 Å². The fraction of sp³-hybridized carbons (Fsp3) is 0.227. The molecule has 0 N–H and O–H groups in total. The molecular weight excluding hydrogens is 436 g/mol. The average molecular weight is 459 g/mol. The Hall–Kier alpha value is -2.35. The number of fused-ring (bicyclic) bond motifs is 1. The number of imidazole rings is 1. The average Bonchev–Trinajstić information content (AvgIpc) is 3.41. The van der Waals surface area contributed by atoms with Gasteiger partial charge < -0.3 is 4.57 Å². The first-order valence-electron chi connectivity index (χ1n) is 9.51. The molecule has 0 atom stereocenters. The van der Waals surface area contributed by atoms with Crippen molar-refractivity contribution in [1.82, 2.24) is 14.5 Å². The highest BCUT2D eigenvalue weighted by Gasteiger charge is 2.20. The molecule has 0 unspecified atom stereocenters. The van der Waals surface area contributed by atoms with Crippen LogP contribution in [0, 0.1) is 6.92 Å². The monoisotopic (exact) mass is 458 g/mol. The topological polar surface area (TPSA) is 51.0 Å². The number of halogens is 1. The Labute approximate surface area is 190 Å². The van der Waals surface area contributed by atoms with Gasteiger partial charge in [0.1, 0.15) is 0 Å². The van der Waals surface area contributed by atoms with Crippen LogP contribution in [-0.2, 0) is 11.3 Å². The number of thiazole rings is 1. The summed E-state index contributed by atoms with van der Waals surface area (Å²) in [5.41, 5.74) is 2.12. The summed E-state index contributed by atoms with van der Waals surface area (Å²) in [6.07, 6.45) is 6.36. The van der Waals surface area contributed by atoms with Crippen molar-refractivity contribution in [2.24, 2.45) is 0 Å². The summed E-state index contributed by atoms with van der Waals surface area (Å²) in [6, 6.07) is 16.2. The Morgan fingerprint density at radius 1 is 1.17 bits per heavy atom. The zero-order chi connectivity index (χ0) is 20.1. The molecule has 8 heteroatoms. The van der Waals surface area contributed by atoms with Crippen molar-refractivity contribution in [1.29, 1.82) is 0 Å². The van der Waals surface area contributed by atoms with E-state index in [2.05, 4.69) is 24.0 Å². The first kappa shape index (κ1) is 22.3. The number of carbonyl (C=O) groups excluding carboxylic acids is 1. The molecule has 156 valence electrons. The highest BCUT2D eigenvalue weighted by atomic mass is 35.5. The number of anilines is 1. The minimum absolute atomic E-state index is 0. The van der Waals surface area contributed by atoms with Gasteiger partial charge in [0.15, 0.2) is 5.13 Å². The van der Waals surface area contributed by atoms with Crippen LogP contribution >= 0.6 is 35.5 Å². The standard InChI is InChI=1S/C22H22N4OS2.ClH/c1-17-7-5-10-19-21(17)24-22(29-19)26(13-6-12-25-14-11-23-16-25)20(27)15-28-18-8-3-2-4-9-18;/h2-5,7-11,14,16H,6,12-13,15H2,1H3;1H. The second-order valence-corrected chi connectivity index (χ2v) is 8.78. The molecule has 0 saturated heterocycles. The maximum absolute atomic E-state index is 13.1. The Morgan fingerprint density at radius 3 is 2.73 bits per heavy atom. The Kier molecular flexibility index (Phi) is 7.90. The molecule has 30 heavy (non-hydrogen) atoms. The molecule has 1 amide bonds. The number of hydrogen-bond acceptors (Lipinski definition) is 5. The summed E-state index contributed by atoms with van der Waals surface area (Å²) in [6.45, 7) is 3.51. The summed E-state index contributed by atoms with van der Waals surface area (Å²) in [7, 11) is 0. The van der Waals surface area contributed by atoms with E-state index in [1.54, 1.807) is 35.6 Å². The summed E-state index contributed by atoms with van der Waals surface area (Å²) in [5, 5.41) is 0.776. The van der Waals surface area contributed by atoms with Crippen LogP contribution in [-0.4, -0.2) is 32.7 Å². The Morgan fingerprint density at radius 2 is 2.00 bits per heavy atom. The van der Waals surface area contributed by atoms with Crippen molar-refractivity contribution in [3.05, 3.63) is 72.8 Å². The first-order valence-corrected chi connectivity index (χ1v) is 11.3. The maximum atomic E-state index is 13.1. The van der Waals surface area contributed by atoms with Crippen LogP contribution < -0.4 is 4.90 Å². The molecule has 0 aliphatic rings. The van der Waals surface area contributed by atoms with Crippen molar-refractivity contribution < 1.29 is 4.79 Å². The van der Waals surface area contributed by atoms with E-state index in [1.807, 2.05) is 52.1 Å². The van der Waals surface area contributed by atoms with Gasteiger partial charge in [-0.15, -0.1) is 24.2 Å². The summed E-state index contributed by atoms with van der Waals surface area (Å²) in [5.74, 6) is 0.477. The number of aryl methyl sites for hydroxylation is 2. The molecule has 0 fully saturated rings. The van der Waals surface area contributed by atoms with Gasteiger partial charge in [-0.3, -0.25) is 9.69 Å². The molecule has 0 bridgehead atoms. The lowest BCUT2D eigenvalue weighted by atomic mass is 10.2. The van der Waals surface area contributed by atoms with Crippen molar-refractivity contribution >= 4 is 56.8 Å².